The first-order valence-electron chi connectivity index (χ1n) is 5.62. The Balaban J connectivity index is 0.00000144. The van der Waals surface area contributed by atoms with Crippen LogP contribution < -0.4 is 61.7 Å². The molecule has 0 unspecified atom stereocenters. The molecule has 0 N–H and O–H groups in total. The second-order valence-electron chi connectivity index (χ2n) is 4.22. The minimum absolute atomic E-state index is 0. The zero-order valence-corrected chi connectivity index (χ0v) is 13.1. The van der Waals surface area contributed by atoms with Gasteiger partial charge in [0.15, 0.2) is 0 Å². The summed E-state index contributed by atoms with van der Waals surface area (Å²) in [5.74, 6) is 0. The van der Waals surface area contributed by atoms with Crippen molar-refractivity contribution in [1.82, 2.24) is 0 Å². The number of halogens is 3. The summed E-state index contributed by atoms with van der Waals surface area (Å²) < 4.78 is 37.7. The molecular weight excluding hydrogens is 253 g/mol. The van der Waals surface area contributed by atoms with Gasteiger partial charge in [-0.1, -0.05) is 18.2 Å². The van der Waals surface area contributed by atoms with Crippen molar-refractivity contribution in [2.75, 3.05) is 18.0 Å². The van der Waals surface area contributed by atoms with Crippen molar-refractivity contribution in [2.24, 2.45) is 0 Å². The number of anilines is 1. The van der Waals surface area contributed by atoms with E-state index in [-0.39, 0.29) is 51.4 Å². The fourth-order valence-corrected chi connectivity index (χ4v) is 2.08. The predicted octanol–water partition coefficient (Wildman–Crippen LogP) is -0.265. The first-order chi connectivity index (χ1) is 7.57. The largest absolute Gasteiger partial charge is 1.00 e. The van der Waals surface area contributed by atoms with Crippen molar-refractivity contribution >= 4 is 18.1 Å². The number of benzene rings is 1. The summed E-state index contributed by atoms with van der Waals surface area (Å²) in [5, 5.41) is 0. The van der Waals surface area contributed by atoms with Crippen molar-refractivity contribution in [3.05, 3.63) is 24.3 Å². The van der Waals surface area contributed by atoms with Gasteiger partial charge in [-0.2, -0.15) is 0 Å². The smallest absolute Gasteiger partial charge is 0.445 e. The standard InChI is InChI=1S/C11H14BF3N.K/c13-12(14,15)10-5-4-6-11(9-10)16-7-2-1-3-8-16;/h4-6,9H,1-3,7-8H2;/q-1;+1. The van der Waals surface area contributed by atoms with Gasteiger partial charge >= 0.3 is 58.4 Å². The van der Waals surface area contributed by atoms with E-state index in [0.717, 1.165) is 32.0 Å². The molecule has 1 nitrogen and oxygen atoms in total. The van der Waals surface area contributed by atoms with E-state index >= 15 is 0 Å². The summed E-state index contributed by atoms with van der Waals surface area (Å²) in [4.78, 5) is 2.04. The van der Waals surface area contributed by atoms with Crippen LogP contribution in [0.5, 0.6) is 0 Å². The zero-order chi connectivity index (χ0) is 11.6. The summed E-state index contributed by atoms with van der Waals surface area (Å²) in [5.41, 5.74) is 0.208. The molecule has 0 aliphatic carbocycles. The second kappa shape index (κ2) is 6.61. The van der Waals surface area contributed by atoms with E-state index in [9.17, 15) is 12.9 Å². The van der Waals surface area contributed by atoms with Gasteiger partial charge in [-0.15, -0.1) is 5.46 Å². The number of hydrogen-bond acceptors (Lipinski definition) is 1. The molecule has 1 aliphatic heterocycles. The summed E-state index contributed by atoms with van der Waals surface area (Å²) in [6.07, 6.45) is 3.32. The minimum atomic E-state index is -4.88. The molecule has 0 radical (unpaired) electrons. The third-order valence-electron chi connectivity index (χ3n) is 2.97. The number of piperidine rings is 1. The molecule has 1 fully saturated rings. The van der Waals surface area contributed by atoms with Crippen molar-refractivity contribution < 1.29 is 64.3 Å². The van der Waals surface area contributed by atoms with Crippen LogP contribution in [0.2, 0.25) is 0 Å². The Bertz CT molecular complexity index is 364. The summed E-state index contributed by atoms with van der Waals surface area (Å²) in [7, 11) is 0. The van der Waals surface area contributed by atoms with Gasteiger partial charge in [-0.25, -0.2) is 0 Å². The SMILES string of the molecule is F[B-](F)(F)c1cccc(N2CCCCC2)c1.[K+]. The first-order valence-corrected chi connectivity index (χ1v) is 5.62. The summed E-state index contributed by atoms with van der Waals surface area (Å²) in [6.45, 7) is -3.14. The van der Waals surface area contributed by atoms with E-state index in [1.54, 1.807) is 6.07 Å². The molecule has 0 saturated carbocycles. The second-order valence-corrected chi connectivity index (χ2v) is 4.22. The number of rotatable bonds is 2. The minimum Gasteiger partial charge on any atom is -0.445 e. The Morgan fingerprint density at radius 1 is 1.00 bits per heavy atom. The molecule has 0 bridgehead atoms. The zero-order valence-electron chi connectivity index (χ0n) is 10.0. The summed E-state index contributed by atoms with van der Waals surface area (Å²) >= 11 is 0. The molecule has 1 aromatic rings. The van der Waals surface area contributed by atoms with Crippen LogP contribution in [0.25, 0.3) is 0 Å². The monoisotopic (exact) mass is 267 g/mol. The van der Waals surface area contributed by atoms with E-state index in [4.69, 9.17) is 0 Å². The maximum absolute atomic E-state index is 12.6. The molecular formula is C11H14BF3KN. The van der Waals surface area contributed by atoms with Crippen LogP contribution in [-0.4, -0.2) is 20.1 Å². The molecule has 1 saturated heterocycles. The van der Waals surface area contributed by atoms with Gasteiger partial charge in [0.05, 0.1) is 0 Å². The van der Waals surface area contributed by atoms with Crippen LogP contribution in [0.15, 0.2) is 24.3 Å². The maximum atomic E-state index is 12.6. The van der Waals surface area contributed by atoms with Gasteiger partial charge in [0.25, 0.3) is 0 Å². The van der Waals surface area contributed by atoms with Crippen molar-refractivity contribution in [2.45, 2.75) is 19.3 Å². The number of nitrogens with zero attached hydrogens (tertiary/aromatic N) is 1. The van der Waals surface area contributed by atoms with Crippen LogP contribution in [0.4, 0.5) is 18.6 Å². The quantitative estimate of drug-likeness (QED) is 0.667. The fourth-order valence-electron chi connectivity index (χ4n) is 2.08. The molecule has 1 aromatic carbocycles. The third kappa shape index (κ3) is 4.28. The van der Waals surface area contributed by atoms with Crippen molar-refractivity contribution in [1.29, 1.82) is 0 Å². The molecule has 6 heteroatoms. The van der Waals surface area contributed by atoms with E-state index < -0.39 is 12.4 Å². The van der Waals surface area contributed by atoms with Gasteiger partial charge in [0, 0.05) is 18.8 Å². The Kier molecular flexibility index (Phi) is 6.06. The molecule has 0 spiro atoms. The third-order valence-corrected chi connectivity index (χ3v) is 2.97. The van der Waals surface area contributed by atoms with Gasteiger partial charge in [-0.05, 0) is 25.3 Å². The molecule has 88 valence electrons. The van der Waals surface area contributed by atoms with Crippen LogP contribution in [-0.2, 0) is 0 Å². The van der Waals surface area contributed by atoms with Crippen LogP contribution in [0.1, 0.15) is 19.3 Å². The molecule has 0 aromatic heterocycles. The Labute approximate surface area is 142 Å². The van der Waals surface area contributed by atoms with Gasteiger partial charge in [0.2, 0.25) is 0 Å². The van der Waals surface area contributed by atoms with E-state index in [0.29, 0.717) is 5.69 Å². The average Bonchev–Trinajstić information content (AvgIpc) is 2.29. The van der Waals surface area contributed by atoms with Crippen LogP contribution >= 0.6 is 0 Å². The Hall–Kier alpha value is 0.511. The molecule has 1 heterocycles. The topological polar surface area (TPSA) is 3.24 Å². The van der Waals surface area contributed by atoms with Crippen LogP contribution in [0.3, 0.4) is 0 Å². The molecule has 0 atom stereocenters. The fraction of sp³-hybridized carbons (Fsp3) is 0.455. The van der Waals surface area contributed by atoms with Crippen molar-refractivity contribution in [3.8, 4) is 0 Å². The molecule has 2 rings (SSSR count). The average molecular weight is 267 g/mol. The Morgan fingerprint density at radius 3 is 2.24 bits per heavy atom. The summed E-state index contributed by atoms with van der Waals surface area (Å²) in [6, 6.07) is 5.67. The van der Waals surface area contributed by atoms with E-state index in [1.165, 1.54) is 18.6 Å². The number of hydrogen-bond donors (Lipinski definition) is 0. The molecule has 0 amide bonds. The normalized spacial score (nSPS) is 16.5. The predicted molar refractivity (Wildman–Crippen MR) is 61.2 cm³/mol. The van der Waals surface area contributed by atoms with Crippen molar-refractivity contribution in [3.63, 3.8) is 0 Å². The van der Waals surface area contributed by atoms with Gasteiger partial charge in [0.1, 0.15) is 0 Å². The molecule has 1 aliphatic rings. The van der Waals surface area contributed by atoms with E-state index in [2.05, 4.69) is 0 Å². The van der Waals surface area contributed by atoms with Crippen LogP contribution in [0, 0.1) is 0 Å². The maximum Gasteiger partial charge on any atom is 1.00 e. The Morgan fingerprint density at radius 2 is 1.65 bits per heavy atom. The van der Waals surface area contributed by atoms with Gasteiger partial charge in [-0.3, -0.25) is 0 Å². The first kappa shape index (κ1) is 15.6. The molecule has 17 heavy (non-hydrogen) atoms. The van der Waals surface area contributed by atoms with E-state index in [1.807, 2.05) is 4.90 Å². The van der Waals surface area contributed by atoms with Gasteiger partial charge < -0.3 is 17.8 Å².